The average molecular weight is 437 g/mol. The zero-order valence-electron chi connectivity index (χ0n) is 16.0. The SMILES string of the molecule is C[C@H]1CCCN(C2CN(C(=O)Oc3ccc(OC(F)(F)F)cn3)CC(F)(F)C2)C1=O. The van der Waals surface area contributed by atoms with Gasteiger partial charge in [0.1, 0.15) is 5.75 Å². The highest BCUT2D eigenvalue weighted by Crippen LogP contribution is 2.32. The molecular weight excluding hydrogens is 417 g/mol. The summed E-state index contributed by atoms with van der Waals surface area (Å²) in [6.45, 7) is 1.05. The Bertz CT molecular complexity index is 787. The summed E-state index contributed by atoms with van der Waals surface area (Å²) in [7, 11) is 0. The van der Waals surface area contributed by atoms with Crippen LogP contribution in [-0.2, 0) is 4.79 Å². The van der Waals surface area contributed by atoms with Crippen LogP contribution in [0.5, 0.6) is 11.6 Å². The summed E-state index contributed by atoms with van der Waals surface area (Å²) in [6.07, 6.45) is -4.53. The van der Waals surface area contributed by atoms with Gasteiger partial charge in [-0.1, -0.05) is 6.92 Å². The van der Waals surface area contributed by atoms with Crippen LogP contribution in [0.2, 0.25) is 0 Å². The van der Waals surface area contributed by atoms with Crippen molar-refractivity contribution in [2.75, 3.05) is 19.6 Å². The number of ether oxygens (including phenoxy) is 2. The molecule has 2 atom stereocenters. The molecule has 2 aliphatic heterocycles. The molecule has 3 rings (SSSR count). The molecule has 0 bridgehead atoms. The molecule has 7 nitrogen and oxygen atoms in total. The van der Waals surface area contributed by atoms with Gasteiger partial charge >= 0.3 is 12.5 Å². The molecular formula is C18H20F5N3O4. The minimum atomic E-state index is -4.91. The third kappa shape index (κ3) is 5.48. The Balaban J connectivity index is 1.66. The van der Waals surface area contributed by atoms with Crippen LogP contribution in [0.15, 0.2) is 18.3 Å². The van der Waals surface area contributed by atoms with Gasteiger partial charge in [-0.2, -0.15) is 0 Å². The van der Waals surface area contributed by atoms with E-state index in [-0.39, 0.29) is 24.2 Å². The molecule has 0 spiro atoms. The van der Waals surface area contributed by atoms with Gasteiger partial charge in [-0.15, -0.1) is 13.2 Å². The smallest absolute Gasteiger partial charge is 0.404 e. The Morgan fingerprint density at radius 1 is 1.30 bits per heavy atom. The summed E-state index contributed by atoms with van der Waals surface area (Å²) in [5.74, 6) is -4.71. The van der Waals surface area contributed by atoms with Crippen LogP contribution in [0, 0.1) is 5.92 Å². The molecule has 2 aliphatic rings. The average Bonchev–Trinajstić information content (AvgIpc) is 2.63. The van der Waals surface area contributed by atoms with Crippen molar-refractivity contribution in [2.45, 2.75) is 44.5 Å². The molecule has 0 N–H and O–H groups in total. The maximum absolute atomic E-state index is 14.3. The summed E-state index contributed by atoms with van der Waals surface area (Å²) in [4.78, 5) is 30.4. The molecule has 2 amide bonds. The predicted molar refractivity (Wildman–Crippen MR) is 92.0 cm³/mol. The van der Waals surface area contributed by atoms with E-state index in [0.717, 1.165) is 17.0 Å². The van der Waals surface area contributed by atoms with Crippen molar-refractivity contribution in [3.8, 4) is 11.6 Å². The fraction of sp³-hybridized carbons (Fsp3) is 0.611. The van der Waals surface area contributed by atoms with Crippen LogP contribution < -0.4 is 9.47 Å². The van der Waals surface area contributed by atoms with Gasteiger partial charge in [0.25, 0.3) is 5.92 Å². The van der Waals surface area contributed by atoms with Crippen LogP contribution in [0.4, 0.5) is 26.7 Å². The lowest BCUT2D eigenvalue weighted by atomic mass is 9.94. The molecule has 0 aliphatic carbocycles. The molecule has 3 heterocycles. The number of alkyl halides is 5. The fourth-order valence-corrected chi connectivity index (χ4v) is 3.64. The Morgan fingerprint density at radius 2 is 2.03 bits per heavy atom. The largest absolute Gasteiger partial charge is 0.573 e. The summed E-state index contributed by atoms with van der Waals surface area (Å²) in [5.41, 5.74) is 0. The summed E-state index contributed by atoms with van der Waals surface area (Å²) >= 11 is 0. The van der Waals surface area contributed by atoms with Crippen molar-refractivity contribution >= 4 is 12.0 Å². The number of halogens is 5. The van der Waals surface area contributed by atoms with Crippen molar-refractivity contribution in [3.05, 3.63) is 18.3 Å². The highest BCUT2D eigenvalue weighted by atomic mass is 19.4. The molecule has 12 heteroatoms. The van der Waals surface area contributed by atoms with Crippen molar-refractivity contribution in [3.63, 3.8) is 0 Å². The second-order valence-electron chi connectivity index (χ2n) is 7.42. The lowest BCUT2D eigenvalue weighted by Gasteiger charge is -2.44. The molecule has 166 valence electrons. The number of carbonyl (C=O) groups is 2. The van der Waals surface area contributed by atoms with Crippen molar-refractivity contribution in [2.24, 2.45) is 5.92 Å². The predicted octanol–water partition coefficient (Wildman–Crippen LogP) is 3.45. The minimum Gasteiger partial charge on any atom is -0.404 e. The molecule has 0 saturated carbocycles. The van der Waals surface area contributed by atoms with Crippen molar-refractivity contribution in [1.29, 1.82) is 0 Å². The topological polar surface area (TPSA) is 72.0 Å². The Morgan fingerprint density at radius 3 is 2.67 bits per heavy atom. The van der Waals surface area contributed by atoms with Crippen molar-refractivity contribution < 1.29 is 41.0 Å². The van der Waals surface area contributed by atoms with Crippen molar-refractivity contribution in [1.82, 2.24) is 14.8 Å². The first-order chi connectivity index (χ1) is 13.9. The van der Waals surface area contributed by atoms with Gasteiger partial charge < -0.3 is 14.4 Å². The van der Waals surface area contributed by atoms with Gasteiger partial charge in [0.15, 0.2) is 0 Å². The standard InChI is InChI=1S/C18H20F5N3O4/c1-11-3-2-6-26(15(11)27)12-7-17(19,20)10-25(9-12)16(28)29-14-5-4-13(8-24-14)30-18(21,22)23/h4-5,8,11-12H,2-3,6-7,9-10H2,1H3/t11-,12?/m0/s1. The number of likely N-dealkylation sites (tertiary alicyclic amines) is 2. The molecule has 1 unspecified atom stereocenters. The maximum Gasteiger partial charge on any atom is 0.573 e. The number of amides is 2. The molecule has 2 saturated heterocycles. The van der Waals surface area contributed by atoms with E-state index in [0.29, 0.717) is 25.6 Å². The zero-order chi connectivity index (χ0) is 22.1. The van der Waals surface area contributed by atoms with Gasteiger partial charge in [-0.3, -0.25) is 9.69 Å². The number of aromatic nitrogens is 1. The third-order valence-corrected chi connectivity index (χ3v) is 4.96. The second-order valence-corrected chi connectivity index (χ2v) is 7.42. The summed E-state index contributed by atoms with van der Waals surface area (Å²) < 4.78 is 73.6. The lowest BCUT2D eigenvalue weighted by molar-refractivity contribution is -0.274. The quantitative estimate of drug-likeness (QED) is 0.678. The van der Waals surface area contributed by atoms with Crippen LogP contribution in [0.1, 0.15) is 26.2 Å². The van der Waals surface area contributed by atoms with E-state index < -0.39 is 43.1 Å². The number of carbonyl (C=O) groups excluding carboxylic acids is 2. The van der Waals surface area contributed by atoms with E-state index in [2.05, 4.69) is 9.72 Å². The van der Waals surface area contributed by atoms with E-state index in [1.165, 1.54) is 4.90 Å². The van der Waals surface area contributed by atoms with Crippen LogP contribution in [0.3, 0.4) is 0 Å². The van der Waals surface area contributed by atoms with Gasteiger partial charge in [-0.05, 0) is 18.9 Å². The number of hydrogen-bond acceptors (Lipinski definition) is 5. The van der Waals surface area contributed by atoms with E-state index in [4.69, 9.17) is 4.74 Å². The lowest BCUT2D eigenvalue weighted by Crippen LogP contribution is -2.60. The Labute approximate surface area is 168 Å². The van der Waals surface area contributed by atoms with Crippen LogP contribution in [-0.4, -0.2) is 64.7 Å². The molecule has 0 radical (unpaired) electrons. The first kappa shape index (κ1) is 22.0. The Hall–Kier alpha value is -2.66. The number of pyridine rings is 1. The number of nitrogens with zero attached hydrogens (tertiary/aromatic N) is 3. The molecule has 0 aromatic carbocycles. The van der Waals surface area contributed by atoms with Crippen LogP contribution >= 0.6 is 0 Å². The molecule has 30 heavy (non-hydrogen) atoms. The van der Waals surface area contributed by atoms with Crippen LogP contribution in [0.25, 0.3) is 0 Å². The van der Waals surface area contributed by atoms with Gasteiger partial charge in [0.05, 0.1) is 18.8 Å². The summed E-state index contributed by atoms with van der Waals surface area (Å²) in [6, 6.07) is 0.978. The third-order valence-electron chi connectivity index (χ3n) is 4.96. The van der Waals surface area contributed by atoms with E-state index in [9.17, 15) is 31.5 Å². The zero-order valence-corrected chi connectivity index (χ0v) is 16.0. The van der Waals surface area contributed by atoms with E-state index >= 15 is 0 Å². The minimum absolute atomic E-state index is 0.137. The highest BCUT2D eigenvalue weighted by Gasteiger charge is 2.46. The molecule has 1 aromatic heterocycles. The maximum atomic E-state index is 14.3. The van der Waals surface area contributed by atoms with E-state index in [1.807, 2.05) is 0 Å². The number of hydrogen-bond donors (Lipinski definition) is 0. The first-order valence-electron chi connectivity index (χ1n) is 9.30. The molecule has 2 fully saturated rings. The number of piperidine rings is 2. The normalized spacial score (nSPS) is 24.5. The number of rotatable bonds is 3. The van der Waals surface area contributed by atoms with E-state index in [1.54, 1.807) is 6.92 Å². The highest BCUT2D eigenvalue weighted by molar-refractivity contribution is 5.79. The van der Waals surface area contributed by atoms with Gasteiger partial charge in [-0.25, -0.2) is 18.6 Å². The first-order valence-corrected chi connectivity index (χ1v) is 9.30. The fourth-order valence-electron chi connectivity index (χ4n) is 3.64. The van der Waals surface area contributed by atoms with Gasteiger partial charge in [0, 0.05) is 31.5 Å². The second kappa shape index (κ2) is 8.23. The monoisotopic (exact) mass is 437 g/mol. The Kier molecular flexibility index (Phi) is 6.04. The summed E-state index contributed by atoms with van der Waals surface area (Å²) in [5, 5.41) is 0. The molecule has 1 aromatic rings. The van der Waals surface area contributed by atoms with Gasteiger partial charge in [0.2, 0.25) is 11.8 Å².